The molecule has 1 aromatic carbocycles. The summed E-state index contributed by atoms with van der Waals surface area (Å²) >= 11 is 5.77. The molecule has 0 radical (unpaired) electrons. The van der Waals surface area contributed by atoms with Crippen molar-refractivity contribution in [2.75, 3.05) is 11.9 Å². The van der Waals surface area contributed by atoms with E-state index in [-0.39, 0.29) is 17.0 Å². The zero-order valence-corrected chi connectivity index (χ0v) is 11.1. The third-order valence-corrected chi connectivity index (χ3v) is 2.46. The number of phenols is 1. The van der Waals surface area contributed by atoms with Gasteiger partial charge < -0.3 is 15.2 Å². The Kier molecular flexibility index (Phi) is 4.35. The Balaban J connectivity index is 2.09. The molecule has 1 aromatic heterocycles. The van der Waals surface area contributed by atoms with Crippen molar-refractivity contribution in [2.24, 2.45) is 0 Å². The van der Waals surface area contributed by atoms with Crippen LogP contribution in [0.2, 0.25) is 5.28 Å². The molecule has 19 heavy (non-hydrogen) atoms. The number of rotatable bonds is 5. The number of para-hydroxylation sites is 1. The molecule has 0 atom stereocenters. The van der Waals surface area contributed by atoms with E-state index < -0.39 is 0 Å². The Hall–Kier alpha value is -2.08. The molecule has 0 bridgehead atoms. The number of aromatic hydroxyl groups is 1. The van der Waals surface area contributed by atoms with Crippen LogP contribution in [0.15, 0.2) is 24.3 Å². The van der Waals surface area contributed by atoms with E-state index >= 15 is 0 Å². The van der Waals surface area contributed by atoms with Gasteiger partial charge in [-0.1, -0.05) is 18.2 Å². The van der Waals surface area contributed by atoms with Crippen molar-refractivity contribution >= 4 is 17.5 Å². The van der Waals surface area contributed by atoms with Gasteiger partial charge >= 0.3 is 6.01 Å². The number of nitrogens with one attached hydrogen (secondary N) is 1. The molecule has 0 fully saturated rings. The molecule has 2 rings (SSSR count). The van der Waals surface area contributed by atoms with Gasteiger partial charge in [0, 0.05) is 12.1 Å². The molecule has 100 valence electrons. The molecule has 0 aliphatic rings. The number of aromatic nitrogens is 3. The topological polar surface area (TPSA) is 80.2 Å². The summed E-state index contributed by atoms with van der Waals surface area (Å²) in [6, 6.07) is 7.17. The van der Waals surface area contributed by atoms with Crippen LogP contribution in [-0.2, 0) is 6.54 Å². The van der Waals surface area contributed by atoms with Crippen molar-refractivity contribution in [2.45, 2.75) is 13.5 Å². The van der Waals surface area contributed by atoms with Crippen LogP contribution >= 0.6 is 11.6 Å². The van der Waals surface area contributed by atoms with Gasteiger partial charge in [-0.25, -0.2) is 0 Å². The predicted octanol–water partition coefficient (Wildman–Crippen LogP) is 2.24. The molecule has 0 aliphatic heterocycles. The van der Waals surface area contributed by atoms with Crippen molar-refractivity contribution in [3.05, 3.63) is 35.1 Å². The summed E-state index contributed by atoms with van der Waals surface area (Å²) in [5, 5.41) is 12.6. The van der Waals surface area contributed by atoms with E-state index in [2.05, 4.69) is 20.3 Å². The molecule has 0 aliphatic carbocycles. The fourth-order valence-corrected chi connectivity index (χ4v) is 1.59. The van der Waals surface area contributed by atoms with Crippen LogP contribution in [-0.4, -0.2) is 26.7 Å². The van der Waals surface area contributed by atoms with Crippen LogP contribution in [0.5, 0.6) is 11.8 Å². The van der Waals surface area contributed by atoms with Crippen LogP contribution < -0.4 is 10.1 Å². The first-order chi connectivity index (χ1) is 9.19. The normalized spacial score (nSPS) is 10.2. The molecule has 0 saturated carbocycles. The van der Waals surface area contributed by atoms with Crippen LogP contribution in [0.4, 0.5) is 5.95 Å². The van der Waals surface area contributed by atoms with Gasteiger partial charge in [-0.2, -0.15) is 15.0 Å². The average Bonchev–Trinajstić information content (AvgIpc) is 2.37. The van der Waals surface area contributed by atoms with Crippen LogP contribution in [0.3, 0.4) is 0 Å². The lowest BCUT2D eigenvalue weighted by Gasteiger charge is -2.08. The molecule has 1 heterocycles. The minimum atomic E-state index is 0.0539. The fraction of sp³-hybridized carbons (Fsp3) is 0.250. The molecule has 0 spiro atoms. The van der Waals surface area contributed by atoms with Crippen LogP contribution in [0.1, 0.15) is 12.5 Å². The van der Waals surface area contributed by atoms with E-state index in [1.54, 1.807) is 18.2 Å². The molecule has 7 heteroatoms. The number of ether oxygens (including phenoxy) is 1. The van der Waals surface area contributed by atoms with Crippen molar-refractivity contribution in [1.82, 2.24) is 15.0 Å². The van der Waals surface area contributed by atoms with Gasteiger partial charge in [0.05, 0.1) is 6.61 Å². The monoisotopic (exact) mass is 280 g/mol. The molecule has 0 amide bonds. The second kappa shape index (κ2) is 6.19. The lowest BCUT2D eigenvalue weighted by molar-refractivity contribution is 0.312. The number of anilines is 1. The third kappa shape index (κ3) is 3.69. The number of benzene rings is 1. The Labute approximate surface area is 115 Å². The second-order valence-electron chi connectivity index (χ2n) is 3.63. The summed E-state index contributed by atoms with van der Waals surface area (Å²) in [7, 11) is 0. The Bertz CT molecular complexity index is 565. The van der Waals surface area contributed by atoms with E-state index in [0.29, 0.717) is 19.1 Å². The number of hydrogen-bond donors (Lipinski definition) is 2. The standard InChI is InChI=1S/C12H13ClN4O2/c1-2-19-12-16-10(13)15-11(17-12)14-7-8-5-3-4-6-9(8)18/h3-6,18H,2,7H2,1H3,(H,14,15,16,17). The van der Waals surface area contributed by atoms with Gasteiger partial charge in [0.25, 0.3) is 0 Å². The largest absolute Gasteiger partial charge is 0.508 e. The lowest BCUT2D eigenvalue weighted by Crippen LogP contribution is -2.07. The highest BCUT2D eigenvalue weighted by molar-refractivity contribution is 6.28. The predicted molar refractivity (Wildman–Crippen MR) is 71.4 cm³/mol. The Morgan fingerprint density at radius 1 is 1.26 bits per heavy atom. The zero-order chi connectivity index (χ0) is 13.7. The van der Waals surface area contributed by atoms with E-state index in [9.17, 15) is 5.11 Å². The Morgan fingerprint density at radius 3 is 2.79 bits per heavy atom. The fourth-order valence-electron chi connectivity index (χ4n) is 1.44. The molecule has 6 nitrogen and oxygen atoms in total. The maximum absolute atomic E-state index is 9.64. The number of halogens is 1. The highest BCUT2D eigenvalue weighted by Crippen LogP contribution is 2.17. The highest BCUT2D eigenvalue weighted by atomic mass is 35.5. The molecular weight excluding hydrogens is 268 g/mol. The highest BCUT2D eigenvalue weighted by Gasteiger charge is 2.06. The molecule has 0 saturated heterocycles. The summed E-state index contributed by atoms with van der Waals surface area (Å²) in [6.45, 7) is 2.64. The zero-order valence-electron chi connectivity index (χ0n) is 10.3. The summed E-state index contributed by atoms with van der Waals surface area (Å²) in [5.41, 5.74) is 0.733. The van der Waals surface area contributed by atoms with Gasteiger partial charge in [0.2, 0.25) is 11.2 Å². The molecular formula is C12H13ClN4O2. The number of phenolic OH excluding ortho intramolecular Hbond substituents is 1. The lowest BCUT2D eigenvalue weighted by atomic mass is 10.2. The maximum Gasteiger partial charge on any atom is 0.322 e. The van der Waals surface area contributed by atoms with Crippen LogP contribution in [0, 0.1) is 0 Å². The van der Waals surface area contributed by atoms with Gasteiger partial charge in [0.15, 0.2) is 0 Å². The first-order valence-corrected chi connectivity index (χ1v) is 6.12. The van der Waals surface area contributed by atoms with Crippen LogP contribution in [0.25, 0.3) is 0 Å². The van der Waals surface area contributed by atoms with Crippen molar-refractivity contribution in [1.29, 1.82) is 0 Å². The molecule has 0 unspecified atom stereocenters. The molecule has 2 N–H and O–H groups in total. The first kappa shape index (κ1) is 13.4. The van der Waals surface area contributed by atoms with Crippen molar-refractivity contribution < 1.29 is 9.84 Å². The van der Waals surface area contributed by atoms with Crippen molar-refractivity contribution in [3.8, 4) is 11.8 Å². The first-order valence-electron chi connectivity index (χ1n) is 5.74. The smallest absolute Gasteiger partial charge is 0.322 e. The Morgan fingerprint density at radius 2 is 2.05 bits per heavy atom. The van der Waals surface area contributed by atoms with E-state index in [1.807, 2.05) is 13.0 Å². The average molecular weight is 281 g/mol. The van der Waals surface area contributed by atoms with E-state index in [1.165, 1.54) is 0 Å². The SMILES string of the molecule is CCOc1nc(Cl)nc(NCc2ccccc2O)n1. The van der Waals surface area contributed by atoms with Gasteiger partial charge in [-0.3, -0.25) is 0 Å². The number of nitrogens with zero attached hydrogens (tertiary/aromatic N) is 3. The molecule has 2 aromatic rings. The summed E-state index contributed by atoms with van der Waals surface area (Å²) in [5.74, 6) is 0.506. The van der Waals surface area contributed by atoms with Crippen molar-refractivity contribution in [3.63, 3.8) is 0 Å². The summed E-state index contributed by atoms with van der Waals surface area (Å²) < 4.78 is 5.17. The minimum Gasteiger partial charge on any atom is -0.508 e. The summed E-state index contributed by atoms with van der Waals surface area (Å²) in [6.07, 6.45) is 0. The van der Waals surface area contributed by atoms with E-state index in [4.69, 9.17) is 16.3 Å². The maximum atomic E-state index is 9.64. The third-order valence-electron chi connectivity index (χ3n) is 2.29. The summed E-state index contributed by atoms with van der Waals surface area (Å²) in [4.78, 5) is 11.8. The second-order valence-corrected chi connectivity index (χ2v) is 3.96. The van der Waals surface area contributed by atoms with Gasteiger partial charge in [0.1, 0.15) is 5.75 Å². The minimum absolute atomic E-state index is 0.0539. The number of hydrogen-bond acceptors (Lipinski definition) is 6. The van der Waals surface area contributed by atoms with Gasteiger partial charge in [-0.05, 0) is 24.6 Å². The van der Waals surface area contributed by atoms with Gasteiger partial charge in [-0.15, -0.1) is 0 Å². The quantitative estimate of drug-likeness (QED) is 0.874. The van der Waals surface area contributed by atoms with E-state index in [0.717, 1.165) is 5.56 Å².